The number of H-pyrrole nitrogens is 1. The Hall–Kier alpha value is -3.21. The molecule has 4 N–H and O–H groups in total. The molecule has 176 valence electrons. The van der Waals surface area contributed by atoms with Crippen molar-refractivity contribution in [1.29, 1.82) is 0 Å². The zero-order valence-electron chi connectivity index (χ0n) is 18.5. The van der Waals surface area contributed by atoms with Crippen molar-refractivity contribution < 1.29 is 24.2 Å². The Morgan fingerprint density at radius 2 is 2.19 bits per heavy atom. The molecule has 11 heteroatoms. The molecule has 1 aliphatic carbocycles. The number of carboxylic acid groups (broad SMARTS) is 1. The molecule has 1 fully saturated rings. The number of ether oxygens (including phenoxy) is 1. The summed E-state index contributed by atoms with van der Waals surface area (Å²) in [6, 6.07) is -0.120. The zero-order valence-corrected chi connectivity index (χ0v) is 18.5. The average Bonchev–Trinajstić information content (AvgIpc) is 3.45. The Balaban J connectivity index is 0.00000114. The van der Waals surface area contributed by atoms with Gasteiger partial charge in [-0.2, -0.15) is 0 Å². The molecule has 3 rings (SSSR count). The van der Waals surface area contributed by atoms with Gasteiger partial charge in [0.1, 0.15) is 5.69 Å². The average molecular weight is 449 g/mol. The summed E-state index contributed by atoms with van der Waals surface area (Å²) in [5.41, 5.74) is 1.39. The fraction of sp³-hybridized carbons (Fsp3) is 0.571. The van der Waals surface area contributed by atoms with Crippen LogP contribution in [0.3, 0.4) is 0 Å². The molecule has 3 atom stereocenters. The largest absolute Gasteiger partial charge is 0.483 e. The first-order valence-corrected chi connectivity index (χ1v) is 10.7. The van der Waals surface area contributed by atoms with E-state index in [9.17, 15) is 9.59 Å². The van der Waals surface area contributed by atoms with E-state index < -0.39 is 0 Å². The van der Waals surface area contributed by atoms with Gasteiger partial charge < -0.3 is 30.0 Å². The highest BCUT2D eigenvalue weighted by Crippen LogP contribution is 2.27. The van der Waals surface area contributed by atoms with Crippen LogP contribution in [0.15, 0.2) is 25.0 Å². The smallest absolute Gasteiger partial charge is 0.290 e. The first-order valence-electron chi connectivity index (χ1n) is 10.7. The summed E-state index contributed by atoms with van der Waals surface area (Å²) in [7, 11) is 1.83. The van der Waals surface area contributed by atoms with E-state index in [-0.39, 0.29) is 36.4 Å². The lowest BCUT2D eigenvalue weighted by molar-refractivity contribution is -0.128. The highest BCUT2D eigenvalue weighted by Gasteiger charge is 2.35. The summed E-state index contributed by atoms with van der Waals surface area (Å²) < 4.78 is 7.74. The predicted molar refractivity (Wildman–Crippen MR) is 116 cm³/mol. The normalized spacial score (nSPS) is 20.0. The maximum Gasteiger partial charge on any atom is 0.290 e. The van der Waals surface area contributed by atoms with Gasteiger partial charge in [-0.05, 0) is 25.7 Å². The second kappa shape index (κ2) is 13.3. The quantitative estimate of drug-likeness (QED) is 0.416. The van der Waals surface area contributed by atoms with Crippen LogP contribution in [0.5, 0.6) is 0 Å². The first kappa shape index (κ1) is 25.1. The monoisotopic (exact) mass is 448 g/mol. The lowest BCUT2D eigenvalue weighted by atomic mass is 9.83. The molecule has 2 heterocycles. The third-order valence-electron chi connectivity index (χ3n) is 5.20. The van der Waals surface area contributed by atoms with Crippen LogP contribution in [0, 0.1) is 5.92 Å². The van der Waals surface area contributed by atoms with Crippen molar-refractivity contribution in [3.05, 3.63) is 36.4 Å². The van der Waals surface area contributed by atoms with Gasteiger partial charge in [-0.15, -0.1) is 0 Å². The number of carbonyl (C=O) groups is 3. The molecular weight excluding hydrogens is 416 g/mol. The number of carbonyl (C=O) groups excluding carboxylic acids is 2. The second-order valence-electron chi connectivity index (χ2n) is 7.65. The van der Waals surface area contributed by atoms with Crippen LogP contribution >= 0.6 is 0 Å². The Bertz CT molecular complexity index is 838. The van der Waals surface area contributed by atoms with Crippen molar-refractivity contribution in [2.75, 3.05) is 13.2 Å². The van der Waals surface area contributed by atoms with E-state index >= 15 is 0 Å². The number of aryl methyl sites for hydroxylation is 1. The number of aromatic nitrogens is 4. The van der Waals surface area contributed by atoms with Crippen molar-refractivity contribution in [2.45, 2.75) is 51.2 Å². The van der Waals surface area contributed by atoms with Crippen LogP contribution in [0.25, 0.3) is 0 Å². The highest BCUT2D eigenvalue weighted by molar-refractivity contribution is 5.92. The van der Waals surface area contributed by atoms with Gasteiger partial charge in [-0.3, -0.25) is 14.4 Å². The zero-order chi connectivity index (χ0) is 23.3. The van der Waals surface area contributed by atoms with E-state index in [4.69, 9.17) is 14.6 Å². The molecule has 0 saturated heterocycles. The third-order valence-corrected chi connectivity index (χ3v) is 5.20. The van der Waals surface area contributed by atoms with Gasteiger partial charge in [0.2, 0.25) is 5.91 Å². The third kappa shape index (κ3) is 7.80. The topological polar surface area (TPSA) is 151 Å². The number of amides is 2. The number of hydrogen-bond donors (Lipinski definition) is 4. The summed E-state index contributed by atoms with van der Waals surface area (Å²) in [5.74, 6) is -0.270. The Morgan fingerprint density at radius 3 is 2.81 bits per heavy atom. The van der Waals surface area contributed by atoms with Gasteiger partial charge in [0.05, 0.1) is 24.8 Å². The first-order chi connectivity index (χ1) is 15.5. The van der Waals surface area contributed by atoms with Gasteiger partial charge in [0.25, 0.3) is 12.4 Å². The van der Waals surface area contributed by atoms with E-state index in [1.54, 1.807) is 29.6 Å². The van der Waals surface area contributed by atoms with E-state index in [0.717, 1.165) is 25.0 Å². The van der Waals surface area contributed by atoms with Crippen LogP contribution in [-0.2, 0) is 27.8 Å². The minimum atomic E-state index is -0.250. The van der Waals surface area contributed by atoms with Crippen LogP contribution in [0.4, 0.5) is 0 Å². The Morgan fingerprint density at radius 1 is 1.41 bits per heavy atom. The standard InChI is InChI=1S/C20H30N6O3.CH2O2/c1-3-8-29-18-9-14(19(27)22-7-6-15-10-21-12-23-15)4-5-16(18)25-20(28)17-11-26(2)13-24-17;2-1-3/h10-14,16,18H,3-9H2,1-2H3,(H,21,23)(H,22,27)(H,25,28);1H,(H,2,3)/t14-,16-,18-;/m0./s1. The van der Waals surface area contributed by atoms with Gasteiger partial charge in [-0.25, -0.2) is 9.97 Å². The molecule has 1 aliphatic rings. The minimum absolute atomic E-state index is 0.0455. The lowest BCUT2D eigenvalue weighted by Gasteiger charge is -2.35. The summed E-state index contributed by atoms with van der Waals surface area (Å²) in [6.45, 7) is 2.97. The SMILES string of the molecule is CCCO[C@H]1C[C@@H](C(=O)NCCc2cnc[nH]2)CC[C@@H]1NC(=O)c1cn(C)cn1.O=CO. The second-order valence-corrected chi connectivity index (χ2v) is 7.65. The van der Waals surface area contributed by atoms with E-state index in [0.29, 0.717) is 31.7 Å². The molecule has 2 aromatic heterocycles. The number of imidazole rings is 2. The Labute approximate surface area is 187 Å². The molecule has 0 bridgehead atoms. The minimum Gasteiger partial charge on any atom is -0.483 e. The maximum absolute atomic E-state index is 12.6. The fourth-order valence-corrected chi connectivity index (χ4v) is 3.64. The number of rotatable bonds is 9. The molecule has 1 saturated carbocycles. The number of nitrogens with zero attached hydrogens (tertiary/aromatic N) is 3. The van der Waals surface area contributed by atoms with Gasteiger partial charge in [0.15, 0.2) is 0 Å². The number of hydrogen-bond acceptors (Lipinski definition) is 6. The van der Waals surface area contributed by atoms with Crippen molar-refractivity contribution in [3.8, 4) is 0 Å². The van der Waals surface area contributed by atoms with E-state index in [1.165, 1.54) is 0 Å². The predicted octanol–water partition coefficient (Wildman–Crippen LogP) is 0.897. The molecule has 2 aromatic rings. The molecule has 32 heavy (non-hydrogen) atoms. The van der Waals surface area contributed by atoms with Crippen molar-refractivity contribution in [3.63, 3.8) is 0 Å². The number of nitrogens with one attached hydrogen (secondary N) is 3. The van der Waals surface area contributed by atoms with Crippen molar-refractivity contribution >= 4 is 18.3 Å². The molecule has 0 radical (unpaired) electrons. The molecule has 0 unspecified atom stereocenters. The lowest BCUT2D eigenvalue weighted by Crippen LogP contribution is -2.50. The van der Waals surface area contributed by atoms with Gasteiger partial charge in [-0.1, -0.05) is 6.92 Å². The van der Waals surface area contributed by atoms with Gasteiger partial charge in [0, 0.05) is 50.6 Å². The van der Waals surface area contributed by atoms with Crippen LogP contribution in [0.2, 0.25) is 0 Å². The molecular formula is C21H32N6O5. The summed E-state index contributed by atoms with van der Waals surface area (Å²) in [5, 5.41) is 12.9. The fourth-order valence-electron chi connectivity index (χ4n) is 3.64. The Kier molecular flexibility index (Phi) is 10.4. The molecule has 11 nitrogen and oxygen atoms in total. The molecule has 0 aromatic carbocycles. The van der Waals surface area contributed by atoms with Crippen molar-refractivity contribution in [1.82, 2.24) is 30.2 Å². The van der Waals surface area contributed by atoms with Gasteiger partial charge >= 0.3 is 0 Å². The maximum atomic E-state index is 12.6. The highest BCUT2D eigenvalue weighted by atomic mass is 16.5. The molecule has 2 amide bonds. The van der Waals surface area contributed by atoms with Crippen molar-refractivity contribution in [2.24, 2.45) is 13.0 Å². The van der Waals surface area contributed by atoms with Crippen LogP contribution < -0.4 is 10.6 Å². The molecule has 0 aliphatic heterocycles. The molecule has 0 spiro atoms. The summed E-state index contributed by atoms with van der Waals surface area (Å²) in [4.78, 5) is 44.6. The summed E-state index contributed by atoms with van der Waals surface area (Å²) in [6.07, 6.45) is 10.1. The number of aromatic amines is 1. The van der Waals surface area contributed by atoms with E-state index in [1.807, 2.05) is 14.0 Å². The van der Waals surface area contributed by atoms with E-state index in [2.05, 4.69) is 25.6 Å². The van der Waals surface area contributed by atoms with Crippen LogP contribution in [-0.4, -0.2) is 68.2 Å². The van der Waals surface area contributed by atoms with Crippen LogP contribution in [0.1, 0.15) is 48.8 Å². The summed E-state index contributed by atoms with van der Waals surface area (Å²) >= 11 is 0.